The minimum absolute atomic E-state index is 0.0129. The Kier molecular flexibility index (Phi) is 4.99. The summed E-state index contributed by atoms with van der Waals surface area (Å²) >= 11 is 1.36. The van der Waals surface area contributed by atoms with Gasteiger partial charge in [-0.1, -0.05) is 17.8 Å². The van der Waals surface area contributed by atoms with E-state index in [1.165, 1.54) is 23.9 Å². The van der Waals surface area contributed by atoms with Crippen molar-refractivity contribution in [3.05, 3.63) is 42.7 Å². The summed E-state index contributed by atoms with van der Waals surface area (Å²) < 4.78 is 15.0. The Morgan fingerprint density at radius 2 is 2.17 bits per heavy atom. The van der Waals surface area contributed by atoms with Crippen LogP contribution in [0.1, 0.15) is 19.8 Å². The van der Waals surface area contributed by atoms with Crippen molar-refractivity contribution in [2.45, 2.75) is 42.8 Å². The molecule has 0 saturated heterocycles. The number of allylic oxidation sites excluding steroid dienone is 1. The lowest BCUT2D eigenvalue weighted by atomic mass is 10.2. The lowest BCUT2D eigenvalue weighted by Crippen LogP contribution is -2.32. The van der Waals surface area contributed by atoms with E-state index in [9.17, 15) is 9.18 Å². The van der Waals surface area contributed by atoms with Crippen LogP contribution in [0, 0.1) is 5.82 Å². The smallest absolute Gasteiger partial charge is 0.233 e. The second kappa shape index (κ2) is 7.17. The molecule has 1 aliphatic carbocycles. The summed E-state index contributed by atoms with van der Waals surface area (Å²) in [6, 6.07) is 6.44. The van der Waals surface area contributed by atoms with Crippen molar-refractivity contribution in [3.63, 3.8) is 0 Å². The predicted octanol–water partition coefficient (Wildman–Crippen LogP) is 3.03. The molecular formula is C17H19FN4OS. The fourth-order valence-electron chi connectivity index (χ4n) is 2.24. The molecule has 7 heteroatoms. The molecule has 3 rings (SSSR count). The van der Waals surface area contributed by atoms with Gasteiger partial charge in [0.05, 0.1) is 5.25 Å². The van der Waals surface area contributed by atoms with E-state index >= 15 is 0 Å². The molecule has 1 aromatic heterocycles. The van der Waals surface area contributed by atoms with Gasteiger partial charge in [-0.25, -0.2) is 4.39 Å². The number of amides is 1. The molecule has 1 heterocycles. The molecule has 0 aliphatic heterocycles. The predicted molar refractivity (Wildman–Crippen MR) is 92.1 cm³/mol. The number of nitrogens with zero attached hydrogens (tertiary/aromatic N) is 3. The van der Waals surface area contributed by atoms with Crippen molar-refractivity contribution in [3.8, 4) is 11.4 Å². The fourth-order valence-corrected chi connectivity index (χ4v) is 3.11. The van der Waals surface area contributed by atoms with E-state index in [1.54, 1.807) is 18.2 Å². The highest BCUT2D eigenvalue weighted by atomic mass is 32.2. The lowest BCUT2D eigenvalue weighted by Gasteiger charge is -2.12. The second-order valence-electron chi connectivity index (χ2n) is 5.76. The van der Waals surface area contributed by atoms with Crippen LogP contribution in [0.5, 0.6) is 0 Å². The second-order valence-corrected chi connectivity index (χ2v) is 7.06. The number of thioether (sulfide) groups is 1. The first-order valence-corrected chi connectivity index (χ1v) is 8.73. The zero-order chi connectivity index (χ0) is 17.1. The Labute approximate surface area is 144 Å². The van der Waals surface area contributed by atoms with Crippen molar-refractivity contribution in [2.24, 2.45) is 0 Å². The Bertz CT molecular complexity index is 740. The monoisotopic (exact) mass is 346 g/mol. The Morgan fingerprint density at radius 3 is 2.79 bits per heavy atom. The van der Waals surface area contributed by atoms with Crippen molar-refractivity contribution < 1.29 is 9.18 Å². The summed E-state index contributed by atoms with van der Waals surface area (Å²) in [7, 11) is 0. The minimum Gasteiger partial charge on any atom is -0.352 e. The van der Waals surface area contributed by atoms with Crippen molar-refractivity contribution >= 4 is 17.7 Å². The van der Waals surface area contributed by atoms with Crippen LogP contribution in [0.15, 0.2) is 42.1 Å². The van der Waals surface area contributed by atoms with Gasteiger partial charge in [0.2, 0.25) is 5.91 Å². The van der Waals surface area contributed by atoms with E-state index in [0.29, 0.717) is 23.6 Å². The maximum Gasteiger partial charge on any atom is 0.233 e. The van der Waals surface area contributed by atoms with E-state index in [0.717, 1.165) is 18.4 Å². The van der Waals surface area contributed by atoms with E-state index in [1.807, 2.05) is 11.5 Å². The molecule has 1 aliphatic rings. The van der Waals surface area contributed by atoms with Gasteiger partial charge in [0.1, 0.15) is 5.82 Å². The standard InChI is InChI=1S/C17H19FN4OS/c1-3-10-22-15(12-4-6-13(18)7-5-12)20-21-17(22)24-11(2)16(23)19-14-8-9-14/h3-7,11,14H,1,8-10H2,2H3,(H,19,23)/t11-/m1/s1. The van der Waals surface area contributed by atoms with Gasteiger partial charge < -0.3 is 5.32 Å². The number of nitrogens with one attached hydrogen (secondary N) is 1. The average Bonchev–Trinajstić information content (AvgIpc) is 3.30. The van der Waals surface area contributed by atoms with Crippen molar-refractivity contribution in [1.29, 1.82) is 0 Å². The molecule has 0 spiro atoms. The molecule has 126 valence electrons. The molecule has 1 aromatic carbocycles. The molecular weight excluding hydrogens is 327 g/mol. The molecule has 1 atom stereocenters. The summed E-state index contributed by atoms with van der Waals surface area (Å²) in [5.41, 5.74) is 0.771. The minimum atomic E-state index is -0.298. The maximum atomic E-state index is 13.1. The Balaban J connectivity index is 1.81. The summed E-state index contributed by atoms with van der Waals surface area (Å²) in [6.07, 6.45) is 3.87. The molecule has 1 amide bonds. The number of rotatable bonds is 7. The van der Waals surface area contributed by atoms with E-state index in [2.05, 4.69) is 22.1 Å². The molecule has 0 radical (unpaired) electrons. The van der Waals surface area contributed by atoms with Crippen LogP contribution in [0.4, 0.5) is 4.39 Å². The SMILES string of the molecule is C=CCn1c(S[C@H](C)C(=O)NC2CC2)nnc1-c1ccc(F)cc1. The number of hydrogen-bond acceptors (Lipinski definition) is 4. The van der Waals surface area contributed by atoms with Gasteiger partial charge in [-0.05, 0) is 44.0 Å². The molecule has 2 aromatic rings. The van der Waals surface area contributed by atoms with Gasteiger partial charge in [-0.3, -0.25) is 9.36 Å². The van der Waals surface area contributed by atoms with Crippen LogP contribution in [-0.2, 0) is 11.3 Å². The van der Waals surface area contributed by atoms with Crippen LogP contribution in [-0.4, -0.2) is 32.0 Å². The summed E-state index contributed by atoms with van der Waals surface area (Å²) in [4.78, 5) is 12.1. The molecule has 1 fully saturated rings. The van der Waals surface area contributed by atoms with Gasteiger partial charge in [0.15, 0.2) is 11.0 Å². The lowest BCUT2D eigenvalue weighted by molar-refractivity contribution is -0.120. The molecule has 0 unspecified atom stereocenters. The van der Waals surface area contributed by atoms with Gasteiger partial charge in [-0.15, -0.1) is 16.8 Å². The zero-order valence-corrected chi connectivity index (χ0v) is 14.2. The number of carbonyl (C=O) groups is 1. The normalized spacial score (nSPS) is 15.1. The zero-order valence-electron chi connectivity index (χ0n) is 13.4. The Hall–Kier alpha value is -2.15. The third-order valence-electron chi connectivity index (χ3n) is 3.71. The number of halogens is 1. The van der Waals surface area contributed by atoms with E-state index < -0.39 is 0 Å². The topological polar surface area (TPSA) is 59.8 Å². The van der Waals surface area contributed by atoms with Gasteiger partial charge in [0.25, 0.3) is 0 Å². The average molecular weight is 346 g/mol. The summed E-state index contributed by atoms with van der Waals surface area (Å²) in [6.45, 7) is 6.13. The quantitative estimate of drug-likeness (QED) is 0.618. The third-order valence-corrected chi connectivity index (χ3v) is 4.79. The first-order valence-electron chi connectivity index (χ1n) is 7.85. The largest absolute Gasteiger partial charge is 0.352 e. The highest BCUT2D eigenvalue weighted by molar-refractivity contribution is 8.00. The van der Waals surface area contributed by atoms with Crippen LogP contribution < -0.4 is 5.32 Å². The third kappa shape index (κ3) is 3.84. The highest BCUT2D eigenvalue weighted by Crippen LogP contribution is 2.28. The van der Waals surface area contributed by atoms with Gasteiger partial charge >= 0.3 is 0 Å². The molecule has 1 saturated carbocycles. The van der Waals surface area contributed by atoms with Crippen LogP contribution in [0.2, 0.25) is 0 Å². The summed E-state index contributed by atoms with van der Waals surface area (Å²) in [5.74, 6) is 0.347. The van der Waals surface area contributed by atoms with Crippen molar-refractivity contribution in [1.82, 2.24) is 20.1 Å². The van der Waals surface area contributed by atoms with Crippen molar-refractivity contribution in [2.75, 3.05) is 0 Å². The maximum absolute atomic E-state index is 13.1. The van der Waals surface area contributed by atoms with Gasteiger partial charge in [-0.2, -0.15) is 0 Å². The molecule has 24 heavy (non-hydrogen) atoms. The first kappa shape index (κ1) is 16.7. The van der Waals surface area contributed by atoms with E-state index in [-0.39, 0.29) is 17.0 Å². The number of benzene rings is 1. The number of hydrogen-bond donors (Lipinski definition) is 1. The number of aromatic nitrogens is 3. The highest BCUT2D eigenvalue weighted by Gasteiger charge is 2.27. The Morgan fingerprint density at radius 1 is 1.46 bits per heavy atom. The van der Waals surface area contributed by atoms with Crippen LogP contribution in [0.3, 0.4) is 0 Å². The van der Waals surface area contributed by atoms with Crippen LogP contribution in [0.25, 0.3) is 11.4 Å². The number of carbonyl (C=O) groups excluding carboxylic acids is 1. The molecule has 1 N–H and O–H groups in total. The van der Waals surface area contributed by atoms with Gasteiger partial charge in [0, 0.05) is 18.2 Å². The summed E-state index contributed by atoms with van der Waals surface area (Å²) in [5, 5.41) is 11.8. The molecule has 0 bridgehead atoms. The van der Waals surface area contributed by atoms with E-state index in [4.69, 9.17) is 0 Å². The molecule has 5 nitrogen and oxygen atoms in total. The van der Waals surface area contributed by atoms with Crippen LogP contribution >= 0.6 is 11.8 Å². The first-order chi connectivity index (χ1) is 11.6. The fraction of sp³-hybridized carbons (Fsp3) is 0.353.